The second kappa shape index (κ2) is 7.95. The molecule has 0 atom stereocenters. The molecule has 2 aromatic carbocycles. The largest absolute Gasteiger partial charge is 0.441 e. The lowest BCUT2D eigenvalue weighted by Crippen LogP contribution is -2.46. The highest BCUT2D eigenvalue weighted by molar-refractivity contribution is 5.55. The van der Waals surface area contributed by atoms with E-state index in [1.807, 2.05) is 6.92 Å². The summed E-state index contributed by atoms with van der Waals surface area (Å²) in [4.78, 5) is 9.27. The van der Waals surface area contributed by atoms with Crippen LogP contribution in [0.4, 0.5) is 14.5 Å². The molecule has 0 amide bonds. The maximum absolute atomic E-state index is 13.5. The fraction of sp³-hybridized carbons (Fsp3) is 0.348. The Morgan fingerprint density at radius 2 is 1.62 bits per heavy atom. The molecule has 152 valence electrons. The van der Waals surface area contributed by atoms with Gasteiger partial charge in [-0.3, -0.25) is 4.90 Å². The number of hydrogen-bond acceptors (Lipinski definition) is 4. The van der Waals surface area contributed by atoms with Crippen molar-refractivity contribution in [3.8, 4) is 11.5 Å². The number of hydrogen-bond donors (Lipinski definition) is 0. The molecule has 0 radical (unpaired) electrons. The fourth-order valence-electron chi connectivity index (χ4n) is 3.79. The van der Waals surface area contributed by atoms with E-state index in [9.17, 15) is 8.78 Å². The summed E-state index contributed by atoms with van der Waals surface area (Å²) in [5.74, 6) is -0.341. The van der Waals surface area contributed by atoms with E-state index in [4.69, 9.17) is 4.42 Å². The Balaban J connectivity index is 1.43. The summed E-state index contributed by atoms with van der Waals surface area (Å²) in [7, 11) is 0. The van der Waals surface area contributed by atoms with Crippen LogP contribution in [0.2, 0.25) is 0 Å². The molecule has 6 heteroatoms. The maximum atomic E-state index is 13.5. The van der Waals surface area contributed by atoms with E-state index in [2.05, 4.69) is 46.8 Å². The summed E-state index contributed by atoms with van der Waals surface area (Å²) in [6.07, 6.45) is 0. The van der Waals surface area contributed by atoms with Gasteiger partial charge in [0.2, 0.25) is 5.89 Å². The minimum Gasteiger partial charge on any atom is -0.441 e. The van der Waals surface area contributed by atoms with Crippen LogP contribution in [0.5, 0.6) is 0 Å². The van der Waals surface area contributed by atoms with Crippen molar-refractivity contribution >= 4 is 5.69 Å². The molecular weight excluding hydrogens is 372 g/mol. The van der Waals surface area contributed by atoms with E-state index in [1.165, 1.54) is 28.9 Å². The summed E-state index contributed by atoms with van der Waals surface area (Å²) in [5, 5.41) is 0. The molecule has 2 heterocycles. The van der Waals surface area contributed by atoms with Crippen LogP contribution in [0.3, 0.4) is 0 Å². The lowest BCUT2D eigenvalue weighted by molar-refractivity contribution is 0.246. The zero-order valence-corrected chi connectivity index (χ0v) is 17.0. The normalized spacial score (nSPS) is 15.1. The molecule has 0 aliphatic carbocycles. The van der Waals surface area contributed by atoms with E-state index in [1.54, 1.807) is 0 Å². The second-order valence-electron chi connectivity index (χ2n) is 7.73. The number of anilines is 1. The SMILES string of the molecule is Cc1ccc(C)c(N2CCN(Cc3nc(-c4cc(F)cc(F)c4)oc3C)CC2)c1. The minimum absolute atomic E-state index is 0.255. The Morgan fingerprint density at radius 1 is 0.931 bits per heavy atom. The van der Waals surface area contributed by atoms with Gasteiger partial charge in [-0.1, -0.05) is 12.1 Å². The number of aryl methyl sites for hydroxylation is 3. The van der Waals surface area contributed by atoms with Crippen LogP contribution in [-0.2, 0) is 6.54 Å². The van der Waals surface area contributed by atoms with Crippen molar-refractivity contribution in [2.24, 2.45) is 0 Å². The molecule has 29 heavy (non-hydrogen) atoms. The van der Waals surface area contributed by atoms with Crippen LogP contribution in [0.1, 0.15) is 22.6 Å². The molecular formula is C23H25F2N3O. The lowest BCUT2D eigenvalue weighted by atomic mass is 10.1. The van der Waals surface area contributed by atoms with Crippen LogP contribution < -0.4 is 4.90 Å². The lowest BCUT2D eigenvalue weighted by Gasteiger charge is -2.36. The zero-order valence-electron chi connectivity index (χ0n) is 17.0. The number of nitrogens with zero attached hydrogens (tertiary/aromatic N) is 3. The molecule has 3 aromatic rings. The zero-order chi connectivity index (χ0) is 20.5. The first-order valence-corrected chi connectivity index (χ1v) is 9.86. The Kier molecular flexibility index (Phi) is 5.37. The van der Waals surface area contributed by atoms with Gasteiger partial charge in [-0.25, -0.2) is 13.8 Å². The first-order chi connectivity index (χ1) is 13.9. The average Bonchev–Trinajstić information content (AvgIpc) is 3.04. The highest BCUT2D eigenvalue weighted by atomic mass is 19.1. The second-order valence-corrected chi connectivity index (χ2v) is 7.73. The van der Waals surface area contributed by atoms with Gasteiger partial charge >= 0.3 is 0 Å². The first kappa shape index (κ1) is 19.6. The first-order valence-electron chi connectivity index (χ1n) is 9.86. The van der Waals surface area contributed by atoms with E-state index in [-0.39, 0.29) is 5.89 Å². The van der Waals surface area contributed by atoms with Gasteiger partial charge in [-0.05, 0) is 50.1 Å². The van der Waals surface area contributed by atoms with Crippen molar-refractivity contribution in [2.75, 3.05) is 31.1 Å². The molecule has 0 unspecified atom stereocenters. The van der Waals surface area contributed by atoms with E-state index < -0.39 is 11.6 Å². The molecule has 1 saturated heterocycles. The summed E-state index contributed by atoms with van der Waals surface area (Å²) in [6, 6.07) is 9.88. The van der Waals surface area contributed by atoms with Gasteiger partial charge in [-0.2, -0.15) is 0 Å². The Hall–Kier alpha value is -2.73. The molecule has 1 aliphatic heterocycles. The number of aromatic nitrogens is 1. The molecule has 4 rings (SSSR count). The van der Waals surface area contributed by atoms with Crippen LogP contribution in [0, 0.1) is 32.4 Å². The molecule has 1 fully saturated rings. The fourth-order valence-corrected chi connectivity index (χ4v) is 3.79. The highest BCUT2D eigenvalue weighted by Crippen LogP contribution is 2.26. The van der Waals surface area contributed by atoms with Gasteiger partial charge in [0.15, 0.2) is 0 Å². The van der Waals surface area contributed by atoms with E-state index in [0.717, 1.165) is 37.9 Å². The van der Waals surface area contributed by atoms with Crippen LogP contribution in [0.15, 0.2) is 40.8 Å². The van der Waals surface area contributed by atoms with Gasteiger partial charge in [0, 0.05) is 50.0 Å². The molecule has 0 spiro atoms. The number of benzene rings is 2. The topological polar surface area (TPSA) is 32.5 Å². The summed E-state index contributed by atoms with van der Waals surface area (Å²) in [5.41, 5.74) is 5.00. The predicted octanol–water partition coefficient (Wildman–Crippen LogP) is 4.87. The van der Waals surface area contributed by atoms with Crippen molar-refractivity contribution in [3.63, 3.8) is 0 Å². The third-order valence-electron chi connectivity index (χ3n) is 5.45. The Bertz CT molecular complexity index is 1000. The number of oxazole rings is 1. The Morgan fingerprint density at radius 3 is 2.31 bits per heavy atom. The Labute approximate surface area is 169 Å². The molecule has 0 saturated carbocycles. The van der Waals surface area contributed by atoms with Crippen LogP contribution in [-0.4, -0.2) is 36.1 Å². The van der Waals surface area contributed by atoms with Crippen molar-refractivity contribution < 1.29 is 13.2 Å². The molecule has 4 nitrogen and oxygen atoms in total. The van der Waals surface area contributed by atoms with Crippen molar-refractivity contribution in [2.45, 2.75) is 27.3 Å². The van der Waals surface area contributed by atoms with Crippen LogP contribution in [0.25, 0.3) is 11.5 Å². The highest BCUT2D eigenvalue weighted by Gasteiger charge is 2.21. The van der Waals surface area contributed by atoms with Crippen molar-refractivity contribution in [1.29, 1.82) is 0 Å². The molecule has 0 N–H and O–H groups in total. The number of halogens is 2. The van der Waals surface area contributed by atoms with E-state index >= 15 is 0 Å². The quantitative estimate of drug-likeness (QED) is 0.629. The van der Waals surface area contributed by atoms with Gasteiger partial charge < -0.3 is 9.32 Å². The summed E-state index contributed by atoms with van der Waals surface area (Å²) >= 11 is 0. The van der Waals surface area contributed by atoms with Crippen molar-refractivity contribution in [1.82, 2.24) is 9.88 Å². The third kappa shape index (κ3) is 4.32. The standard InChI is InChI=1S/C23H25F2N3O/c1-15-4-5-16(2)22(10-15)28-8-6-27(7-9-28)14-21-17(3)29-23(26-21)18-11-19(24)13-20(25)12-18/h4-5,10-13H,6-9,14H2,1-3H3. The molecule has 1 aromatic heterocycles. The monoisotopic (exact) mass is 397 g/mol. The van der Waals surface area contributed by atoms with Gasteiger partial charge in [0.25, 0.3) is 0 Å². The smallest absolute Gasteiger partial charge is 0.226 e. The van der Waals surface area contributed by atoms with E-state index in [0.29, 0.717) is 17.9 Å². The third-order valence-corrected chi connectivity index (χ3v) is 5.45. The molecule has 0 bridgehead atoms. The van der Waals surface area contributed by atoms with Gasteiger partial charge in [0.1, 0.15) is 17.4 Å². The predicted molar refractivity (Wildman–Crippen MR) is 110 cm³/mol. The average molecular weight is 397 g/mol. The van der Waals surface area contributed by atoms with Gasteiger partial charge in [-0.15, -0.1) is 0 Å². The van der Waals surface area contributed by atoms with Gasteiger partial charge in [0.05, 0.1) is 5.69 Å². The summed E-state index contributed by atoms with van der Waals surface area (Å²) < 4.78 is 32.7. The number of piperazine rings is 1. The summed E-state index contributed by atoms with van der Waals surface area (Å²) in [6.45, 7) is 10.5. The van der Waals surface area contributed by atoms with Crippen LogP contribution >= 0.6 is 0 Å². The minimum atomic E-state index is -0.639. The number of rotatable bonds is 4. The van der Waals surface area contributed by atoms with Crippen molar-refractivity contribution in [3.05, 3.63) is 70.6 Å². The molecule has 1 aliphatic rings. The maximum Gasteiger partial charge on any atom is 0.226 e.